The molecule has 5 heteroatoms. The van der Waals surface area contributed by atoms with Gasteiger partial charge < -0.3 is 9.64 Å². The number of hydrogen-bond acceptors (Lipinski definition) is 4. The third-order valence-corrected chi connectivity index (χ3v) is 5.05. The normalized spacial score (nSPS) is 10.8. The fraction of sp³-hybridized carbons (Fsp3) is 0.316. The Labute approximate surface area is 153 Å². The highest BCUT2D eigenvalue weighted by atomic mass is 35.5. The largest absolute Gasteiger partial charge is 0.492 e. The second-order valence-corrected chi connectivity index (χ2v) is 6.42. The number of halogens is 1. The van der Waals surface area contributed by atoms with Crippen LogP contribution in [0.5, 0.6) is 5.75 Å². The summed E-state index contributed by atoms with van der Waals surface area (Å²) in [7, 11) is 0. The van der Waals surface area contributed by atoms with E-state index in [2.05, 4.69) is 49.1 Å². The molecular weight excluding hydrogens is 340 g/mol. The number of aromatic nitrogens is 1. The van der Waals surface area contributed by atoms with E-state index in [1.165, 1.54) is 4.70 Å². The Bertz CT molecular complexity index is 720. The molecule has 24 heavy (non-hydrogen) atoms. The number of fused-ring (bicyclic) bond motifs is 1. The fourth-order valence-electron chi connectivity index (χ4n) is 2.52. The van der Waals surface area contributed by atoms with Gasteiger partial charge in [-0.05, 0) is 49.5 Å². The third-order valence-electron chi connectivity index (χ3n) is 3.97. The lowest BCUT2D eigenvalue weighted by Crippen LogP contribution is -2.27. The van der Waals surface area contributed by atoms with Crippen molar-refractivity contribution in [1.29, 1.82) is 0 Å². The van der Waals surface area contributed by atoms with Crippen LogP contribution in [0.15, 0.2) is 48.5 Å². The maximum Gasteiger partial charge on any atom is 0.124 e. The number of rotatable bonds is 7. The van der Waals surface area contributed by atoms with Gasteiger partial charge in [0.1, 0.15) is 17.4 Å². The average molecular weight is 363 g/mol. The van der Waals surface area contributed by atoms with Gasteiger partial charge in [0.05, 0.1) is 10.2 Å². The molecule has 0 radical (unpaired) electrons. The van der Waals surface area contributed by atoms with Gasteiger partial charge in [-0.1, -0.05) is 26.0 Å². The highest BCUT2D eigenvalue weighted by Crippen LogP contribution is 2.30. The van der Waals surface area contributed by atoms with Crippen molar-refractivity contribution in [3.05, 3.63) is 48.5 Å². The SMILES string of the molecule is CCN(CC)CCOc1ccc(-c2nc3ccccc3s2)cc1.Cl. The zero-order valence-electron chi connectivity index (χ0n) is 14.1. The van der Waals surface area contributed by atoms with Crippen molar-refractivity contribution in [1.82, 2.24) is 9.88 Å². The van der Waals surface area contributed by atoms with Crippen LogP contribution in [-0.4, -0.2) is 36.1 Å². The quantitative estimate of drug-likeness (QED) is 0.584. The smallest absolute Gasteiger partial charge is 0.124 e. The minimum atomic E-state index is 0. The maximum atomic E-state index is 5.83. The Morgan fingerprint density at radius 1 is 1.00 bits per heavy atom. The van der Waals surface area contributed by atoms with Gasteiger partial charge in [0.15, 0.2) is 0 Å². The molecule has 3 nitrogen and oxygen atoms in total. The first kappa shape index (κ1) is 18.7. The molecule has 2 aromatic carbocycles. The van der Waals surface area contributed by atoms with Crippen LogP contribution in [0.3, 0.4) is 0 Å². The topological polar surface area (TPSA) is 25.4 Å². The van der Waals surface area contributed by atoms with E-state index in [4.69, 9.17) is 9.72 Å². The molecule has 0 unspecified atom stereocenters. The summed E-state index contributed by atoms with van der Waals surface area (Å²) in [6.07, 6.45) is 0. The Hall–Kier alpha value is -1.62. The Balaban J connectivity index is 0.00000208. The molecule has 0 bridgehead atoms. The molecule has 0 amide bonds. The summed E-state index contributed by atoms with van der Waals surface area (Å²) in [5.41, 5.74) is 2.20. The van der Waals surface area contributed by atoms with Gasteiger partial charge in [0, 0.05) is 12.1 Å². The highest BCUT2D eigenvalue weighted by Gasteiger charge is 2.06. The highest BCUT2D eigenvalue weighted by molar-refractivity contribution is 7.21. The maximum absolute atomic E-state index is 5.83. The number of hydrogen-bond donors (Lipinski definition) is 0. The predicted molar refractivity (Wildman–Crippen MR) is 106 cm³/mol. The van der Waals surface area contributed by atoms with Crippen molar-refractivity contribution in [2.45, 2.75) is 13.8 Å². The molecule has 0 saturated carbocycles. The van der Waals surface area contributed by atoms with Crippen molar-refractivity contribution >= 4 is 34.0 Å². The second-order valence-electron chi connectivity index (χ2n) is 5.39. The molecule has 0 N–H and O–H groups in total. The van der Waals surface area contributed by atoms with Crippen molar-refractivity contribution in [3.8, 4) is 16.3 Å². The molecule has 1 heterocycles. The zero-order valence-corrected chi connectivity index (χ0v) is 15.7. The first-order chi connectivity index (χ1) is 11.3. The van der Waals surface area contributed by atoms with Crippen molar-refractivity contribution in [3.63, 3.8) is 0 Å². The van der Waals surface area contributed by atoms with Crippen LogP contribution in [0, 0.1) is 0 Å². The molecule has 0 atom stereocenters. The Kier molecular flexibility index (Phi) is 7.03. The molecule has 3 aromatic rings. The van der Waals surface area contributed by atoms with E-state index >= 15 is 0 Å². The molecule has 0 aliphatic rings. The Morgan fingerprint density at radius 2 is 1.71 bits per heavy atom. The number of likely N-dealkylation sites (N-methyl/N-ethyl adjacent to an activating group) is 1. The van der Waals surface area contributed by atoms with Crippen LogP contribution < -0.4 is 4.74 Å². The van der Waals surface area contributed by atoms with E-state index in [-0.39, 0.29) is 12.4 Å². The number of benzene rings is 2. The molecule has 1 aromatic heterocycles. The number of nitrogens with zero attached hydrogens (tertiary/aromatic N) is 2. The van der Waals surface area contributed by atoms with Gasteiger partial charge in [-0.15, -0.1) is 23.7 Å². The van der Waals surface area contributed by atoms with Crippen LogP contribution in [0.2, 0.25) is 0 Å². The van der Waals surface area contributed by atoms with Crippen LogP contribution in [0.1, 0.15) is 13.8 Å². The summed E-state index contributed by atoms with van der Waals surface area (Å²) in [5.74, 6) is 0.919. The van der Waals surface area contributed by atoms with E-state index < -0.39 is 0 Å². The van der Waals surface area contributed by atoms with Gasteiger partial charge in [0.2, 0.25) is 0 Å². The molecule has 0 aliphatic carbocycles. The van der Waals surface area contributed by atoms with E-state index in [0.717, 1.165) is 48.1 Å². The predicted octanol–water partition coefficient (Wildman–Crippen LogP) is 5.11. The van der Waals surface area contributed by atoms with Crippen LogP contribution in [0.4, 0.5) is 0 Å². The lowest BCUT2D eigenvalue weighted by Gasteiger charge is -2.18. The van der Waals surface area contributed by atoms with Crippen molar-refractivity contribution in [2.24, 2.45) is 0 Å². The summed E-state index contributed by atoms with van der Waals surface area (Å²) < 4.78 is 7.06. The second kappa shape index (κ2) is 9.02. The first-order valence-corrected chi connectivity index (χ1v) is 8.93. The average Bonchev–Trinajstić information content (AvgIpc) is 3.03. The molecule has 0 spiro atoms. The third kappa shape index (κ3) is 4.47. The molecule has 128 valence electrons. The lowest BCUT2D eigenvalue weighted by molar-refractivity contribution is 0.223. The molecule has 3 rings (SSSR count). The first-order valence-electron chi connectivity index (χ1n) is 8.11. The van der Waals surface area contributed by atoms with Gasteiger partial charge in [-0.25, -0.2) is 4.98 Å². The number of ether oxygens (including phenoxy) is 1. The fourth-order valence-corrected chi connectivity index (χ4v) is 3.49. The van der Waals surface area contributed by atoms with Gasteiger partial charge >= 0.3 is 0 Å². The van der Waals surface area contributed by atoms with Gasteiger partial charge in [-0.2, -0.15) is 0 Å². The summed E-state index contributed by atoms with van der Waals surface area (Å²) in [5, 5.41) is 1.06. The van der Waals surface area contributed by atoms with Crippen molar-refractivity contribution < 1.29 is 4.74 Å². The summed E-state index contributed by atoms with van der Waals surface area (Å²) in [4.78, 5) is 7.05. The van der Waals surface area contributed by atoms with E-state index in [0.29, 0.717) is 0 Å². The number of thiazole rings is 1. The summed E-state index contributed by atoms with van der Waals surface area (Å²) in [6, 6.07) is 16.5. The van der Waals surface area contributed by atoms with E-state index in [1.807, 2.05) is 18.2 Å². The monoisotopic (exact) mass is 362 g/mol. The van der Waals surface area contributed by atoms with E-state index in [1.54, 1.807) is 11.3 Å². The zero-order chi connectivity index (χ0) is 16.1. The van der Waals surface area contributed by atoms with Crippen LogP contribution in [0.25, 0.3) is 20.8 Å². The van der Waals surface area contributed by atoms with Gasteiger partial charge in [-0.3, -0.25) is 0 Å². The number of para-hydroxylation sites is 1. The van der Waals surface area contributed by atoms with Crippen LogP contribution >= 0.6 is 23.7 Å². The lowest BCUT2D eigenvalue weighted by atomic mass is 10.2. The van der Waals surface area contributed by atoms with E-state index in [9.17, 15) is 0 Å². The van der Waals surface area contributed by atoms with Crippen molar-refractivity contribution in [2.75, 3.05) is 26.2 Å². The minimum Gasteiger partial charge on any atom is -0.492 e. The minimum absolute atomic E-state index is 0. The molecule has 0 aliphatic heterocycles. The van der Waals surface area contributed by atoms with Gasteiger partial charge in [0.25, 0.3) is 0 Å². The van der Waals surface area contributed by atoms with Crippen LogP contribution in [-0.2, 0) is 0 Å². The summed E-state index contributed by atoms with van der Waals surface area (Å²) in [6.45, 7) is 8.17. The Morgan fingerprint density at radius 3 is 2.38 bits per heavy atom. The molecular formula is C19H23ClN2OS. The molecule has 0 saturated heterocycles. The molecule has 0 fully saturated rings. The summed E-state index contributed by atoms with van der Waals surface area (Å²) >= 11 is 1.73. The standard InChI is InChI=1S/C19H22N2OS.ClH/c1-3-21(4-2)13-14-22-16-11-9-15(10-12-16)19-20-17-7-5-6-8-18(17)23-19;/h5-12H,3-4,13-14H2,1-2H3;1H.